The zero-order chi connectivity index (χ0) is 16.2. The monoisotopic (exact) mass is 355 g/mol. The summed E-state index contributed by atoms with van der Waals surface area (Å²) in [6, 6.07) is 0. The third kappa shape index (κ3) is 3.37. The van der Waals surface area contributed by atoms with E-state index in [0.717, 1.165) is 59.0 Å². The van der Waals surface area contributed by atoms with Gasteiger partial charge in [-0.05, 0) is 25.9 Å². The number of ether oxygens (including phenoxy) is 1. The first-order chi connectivity index (χ1) is 11.9. The molecular formula is C17H33N5OS. The van der Waals surface area contributed by atoms with Crippen molar-refractivity contribution in [1.29, 1.82) is 0 Å². The minimum atomic E-state index is 0.0709. The molecule has 0 radical (unpaired) electrons. The van der Waals surface area contributed by atoms with Crippen molar-refractivity contribution in [3.8, 4) is 0 Å². The van der Waals surface area contributed by atoms with Crippen LogP contribution in [0.2, 0.25) is 0 Å². The molecule has 24 heavy (non-hydrogen) atoms. The Balaban J connectivity index is 1.64. The quantitative estimate of drug-likeness (QED) is 0.740. The lowest BCUT2D eigenvalue weighted by molar-refractivity contribution is -0.105. The predicted molar refractivity (Wildman–Crippen MR) is 99.2 cm³/mol. The van der Waals surface area contributed by atoms with Gasteiger partial charge in [0, 0.05) is 51.6 Å². The maximum atomic E-state index is 5.69. The second-order valence-corrected chi connectivity index (χ2v) is 8.59. The molecule has 0 aromatic rings. The Kier molecular flexibility index (Phi) is 5.99. The van der Waals surface area contributed by atoms with Gasteiger partial charge in [0.2, 0.25) is 0 Å². The molecule has 0 aliphatic carbocycles. The van der Waals surface area contributed by atoms with Gasteiger partial charge in [-0.3, -0.25) is 20.0 Å². The molecule has 6 nitrogen and oxygen atoms in total. The number of morpholine rings is 1. The third-order valence-corrected chi connectivity index (χ3v) is 7.47. The molecule has 2 unspecified atom stereocenters. The number of thioether (sulfide) groups is 1. The number of piperidine rings is 1. The maximum Gasteiger partial charge on any atom is 0.152 e. The molecule has 0 spiro atoms. The molecule has 4 heterocycles. The summed E-state index contributed by atoms with van der Waals surface area (Å²) in [5.41, 5.74) is 0. The number of rotatable bonds is 3. The molecule has 0 aromatic carbocycles. The molecule has 0 amide bonds. The number of hydrogen-bond acceptors (Lipinski definition) is 7. The van der Waals surface area contributed by atoms with E-state index in [4.69, 9.17) is 4.74 Å². The van der Waals surface area contributed by atoms with E-state index in [1.54, 1.807) is 0 Å². The summed E-state index contributed by atoms with van der Waals surface area (Å²) in [5, 5.41) is 7.48. The molecule has 0 bridgehead atoms. The lowest BCUT2D eigenvalue weighted by Crippen LogP contribution is -2.77. The lowest BCUT2D eigenvalue weighted by Gasteiger charge is -2.60. The molecule has 2 atom stereocenters. The van der Waals surface area contributed by atoms with Crippen molar-refractivity contribution < 1.29 is 4.74 Å². The van der Waals surface area contributed by atoms with Gasteiger partial charge in [0.25, 0.3) is 0 Å². The molecule has 0 aromatic heterocycles. The SMILES string of the molecule is C1CCN(C2NCCSC2(N2CCNCC2)N2CCOCC2)CC1. The molecule has 4 rings (SSSR count). The zero-order valence-corrected chi connectivity index (χ0v) is 15.7. The Morgan fingerprint density at radius 3 is 2.29 bits per heavy atom. The zero-order valence-electron chi connectivity index (χ0n) is 14.8. The van der Waals surface area contributed by atoms with Crippen LogP contribution in [0.15, 0.2) is 0 Å². The summed E-state index contributed by atoms with van der Waals surface area (Å²) in [6.07, 6.45) is 4.54. The summed E-state index contributed by atoms with van der Waals surface area (Å²) in [5.74, 6) is 1.20. The molecule has 2 N–H and O–H groups in total. The standard InChI is InChI=1S/C17H33N5OS/c1-2-7-20(8-3-1)16-17(24-15-6-19-16,21-9-4-18-5-10-21)22-11-13-23-14-12-22/h16,18-19H,1-15H2. The number of nitrogens with zero attached hydrogens (tertiary/aromatic N) is 3. The lowest BCUT2D eigenvalue weighted by atomic mass is 10.1. The predicted octanol–water partition coefficient (Wildman–Crippen LogP) is 0.0260. The van der Waals surface area contributed by atoms with Crippen LogP contribution in [-0.2, 0) is 4.74 Å². The number of likely N-dealkylation sites (tertiary alicyclic amines) is 1. The molecule has 7 heteroatoms. The molecule has 138 valence electrons. The summed E-state index contributed by atoms with van der Waals surface area (Å²) in [6.45, 7) is 12.0. The van der Waals surface area contributed by atoms with Gasteiger partial charge in [0.05, 0.1) is 13.2 Å². The Morgan fingerprint density at radius 1 is 0.833 bits per heavy atom. The summed E-state index contributed by atoms with van der Waals surface area (Å²) < 4.78 is 5.69. The molecule has 4 aliphatic heterocycles. The Labute approximate surface area is 150 Å². The van der Waals surface area contributed by atoms with E-state index in [9.17, 15) is 0 Å². The Bertz CT molecular complexity index is 376. The third-order valence-electron chi connectivity index (χ3n) is 5.90. The van der Waals surface area contributed by atoms with Gasteiger partial charge >= 0.3 is 0 Å². The topological polar surface area (TPSA) is 43.0 Å². The first-order valence-corrected chi connectivity index (χ1v) is 10.8. The van der Waals surface area contributed by atoms with Crippen LogP contribution in [0.1, 0.15) is 19.3 Å². The van der Waals surface area contributed by atoms with Crippen LogP contribution in [0.4, 0.5) is 0 Å². The number of hydrogen-bond donors (Lipinski definition) is 2. The van der Waals surface area contributed by atoms with Crippen LogP contribution in [0.5, 0.6) is 0 Å². The van der Waals surface area contributed by atoms with Crippen molar-refractivity contribution in [2.24, 2.45) is 0 Å². The molecule has 4 fully saturated rings. The minimum absolute atomic E-state index is 0.0709. The largest absolute Gasteiger partial charge is 0.379 e. The highest BCUT2D eigenvalue weighted by atomic mass is 32.2. The van der Waals surface area contributed by atoms with E-state index in [1.807, 2.05) is 0 Å². The normalized spacial score (nSPS) is 38.2. The van der Waals surface area contributed by atoms with Crippen LogP contribution >= 0.6 is 11.8 Å². The Hall–Kier alpha value is 0.110. The van der Waals surface area contributed by atoms with E-state index in [0.29, 0.717) is 6.17 Å². The smallest absolute Gasteiger partial charge is 0.152 e. The van der Waals surface area contributed by atoms with Gasteiger partial charge in [-0.15, -0.1) is 11.8 Å². The first kappa shape index (κ1) is 17.5. The Morgan fingerprint density at radius 2 is 1.54 bits per heavy atom. The average molecular weight is 356 g/mol. The highest BCUT2D eigenvalue weighted by Gasteiger charge is 2.53. The van der Waals surface area contributed by atoms with Gasteiger partial charge in [0.15, 0.2) is 4.99 Å². The van der Waals surface area contributed by atoms with E-state index in [-0.39, 0.29) is 4.99 Å². The van der Waals surface area contributed by atoms with Crippen molar-refractivity contribution in [3.63, 3.8) is 0 Å². The van der Waals surface area contributed by atoms with Crippen LogP contribution in [0, 0.1) is 0 Å². The second kappa shape index (κ2) is 8.20. The molecule has 4 aliphatic rings. The van der Waals surface area contributed by atoms with Crippen LogP contribution in [0.3, 0.4) is 0 Å². The summed E-state index contributed by atoms with van der Waals surface area (Å²) in [7, 11) is 0. The van der Waals surface area contributed by atoms with Gasteiger partial charge < -0.3 is 10.1 Å². The fourth-order valence-corrected chi connectivity index (χ4v) is 6.39. The average Bonchev–Trinajstić information content (AvgIpc) is 2.70. The number of piperazine rings is 1. The van der Waals surface area contributed by atoms with E-state index in [1.165, 1.54) is 38.1 Å². The van der Waals surface area contributed by atoms with Crippen LogP contribution in [-0.4, -0.2) is 104 Å². The maximum absolute atomic E-state index is 5.69. The molecule has 4 saturated heterocycles. The second-order valence-electron chi connectivity index (χ2n) is 7.30. The van der Waals surface area contributed by atoms with E-state index in [2.05, 4.69) is 37.1 Å². The molecule has 0 saturated carbocycles. The fourth-order valence-electron chi connectivity index (χ4n) is 4.75. The summed E-state index contributed by atoms with van der Waals surface area (Å²) >= 11 is 2.19. The van der Waals surface area contributed by atoms with Gasteiger partial charge in [-0.25, -0.2) is 0 Å². The van der Waals surface area contributed by atoms with Gasteiger partial charge in [-0.1, -0.05) is 6.42 Å². The van der Waals surface area contributed by atoms with Crippen LogP contribution < -0.4 is 10.6 Å². The van der Waals surface area contributed by atoms with Crippen LogP contribution in [0.25, 0.3) is 0 Å². The van der Waals surface area contributed by atoms with Crippen molar-refractivity contribution >= 4 is 11.8 Å². The van der Waals surface area contributed by atoms with E-state index >= 15 is 0 Å². The fraction of sp³-hybridized carbons (Fsp3) is 1.00. The van der Waals surface area contributed by atoms with Crippen molar-refractivity contribution in [2.75, 3.05) is 77.9 Å². The first-order valence-electron chi connectivity index (χ1n) is 9.81. The highest BCUT2D eigenvalue weighted by molar-refractivity contribution is 8.00. The molecular weight excluding hydrogens is 322 g/mol. The highest BCUT2D eigenvalue weighted by Crippen LogP contribution is 2.41. The van der Waals surface area contributed by atoms with Crippen molar-refractivity contribution in [1.82, 2.24) is 25.3 Å². The summed E-state index contributed by atoms with van der Waals surface area (Å²) in [4.78, 5) is 8.32. The number of nitrogens with one attached hydrogen (secondary N) is 2. The van der Waals surface area contributed by atoms with E-state index < -0.39 is 0 Å². The van der Waals surface area contributed by atoms with Crippen molar-refractivity contribution in [3.05, 3.63) is 0 Å². The minimum Gasteiger partial charge on any atom is -0.379 e. The van der Waals surface area contributed by atoms with Gasteiger partial charge in [-0.2, -0.15) is 0 Å². The van der Waals surface area contributed by atoms with Gasteiger partial charge in [0.1, 0.15) is 6.17 Å². The van der Waals surface area contributed by atoms with Crippen molar-refractivity contribution in [2.45, 2.75) is 30.4 Å².